The van der Waals surface area contributed by atoms with Gasteiger partial charge in [-0.05, 0) is 32.4 Å². The molecule has 0 aromatic carbocycles. The van der Waals surface area contributed by atoms with E-state index in [0.717, 1.165) is 70.4 Å². The number of aromatic nitrogens is 2. The van der Waals surface area contributed by atoms with E-state index in [4.69, 9.17) is 9.72 Å². The van der Waals surface area contributed by atoms with Crippen LogP contribution in [0.1, 0.15) is 19.3 Å². The van der Waals surface area contributed by atoms with Gasteiger partial charge in [-0.25, -0.2) is 4.98 Å². The zero-order valence-electron chi connectivity index (χ0n) is 14.4. The number of nitrogens with zero attached hydrogens (tertiary/aromatic N) is 5. The summed E-state index contributed by atoms with van der Waals surface area (Å²) < 4.78 is 6.18. The van der Waals surface area contributed by atoms with Gasteiger partial charge in [-0.3, -0.25) is 0 Å². The highest BCUT2D eigenvalue weighted by atomic mass is 16.5. The van der Waals surface area contributed by atoms with Gasteiger partial charge in [0.2, 0.25) is 5.95 Å². The van der Waals surface area contributed by atoms with Gasteiger partial charge in [-0.2, -0.15) is 4.98 Å². The Balaban J connectivity index is 1.49. The maximum absolute atomic E-state index is 9.75. The number of rotatable bonds is 2. The highest BCUT2D eigenvalue weighted by Gasteiger charge is 2.39. The van der Waals surface area contributed by atoms with E-state index in [1.165, 1.54) is 0 Å². The van der Waals surface area contributed by atoms with Crippen molar-refractivity contribution in [1.82, 2.24) is 14.9 Å². The SMILES string of the molecule is CN1CCC2(CC1)CN(c1nccc(N3CCC(O)C3)n1)CCO2. The molecule has 1 unspecified atom stereocenters. The summed E-state index contributed by atoms with van der Waals surface area (Å²) in [7, 11) is 2.17. The average molecular weight is 333 g/mol. The standard InChI is InChI=1S/C17H27N5O2/c1-20-8-4-17(5-9-20)13-22(10-11-24-17)16-18-6-2-15(19-16)21-7-3-14(23)12-21/h2,6,14,23H,3-5,7-13H2,1H3. The third-order valence-corrected chi connectivity index (χ3v) is 5.55. The molecule has 0 radical (unpaired) electrons. The largest absolute Gasteiger partial charge is 0.391 e. The summed E-state index contributed by atoms with van der Waals surface area (Å²) in [6, 6.07) is 1.94. The van der Waals surface area contributed by atoms with Crippen LogP contribution in [-0.4, -0.2) is 84.6 Å². The van der Waals surface area contributed by atoms with Gasteiger partial charge in [-0.1, -0.05) is 0 Å². The minimum Gasteiger partial charge on any atom is -0.391 e. The predicted molar refractivity (Wildman–Crippen MR) is 92.5 cm³/mol. The molecule has 3 aliphatic heterocycles. The Kier molecular flexibility index (Phi) is 4.32. The normalized spacial score (nSPS) is 27.8. The van der Waals surface area contributed by atoms with Gasteiger partial charge in [0.05, 0.1) is 24.9 Å². The van der Waals surface area contributed by atoms with Crippen molar-refractivity contribution in [2.75, 3.05) is 62.7 Å². The topological polar surface area (TPSA) is 65.0 Å². The van der Waals surface area contributed by atoms with E-state index in [9.17, 15) is 5.11 Å². The molecule has 4 rings (SSSR count). The number of ether oxygens (including phenoxy) is 1. The van der Waals surface area contributed by atoms with Crippen LogP contribution in [0.2, 0.25) is 0 Å². The van der Waals surface area contributed by atoms with Crippen molar-refractivity contribution in [1.29, 1.82) is 0 Å². The lowest BCUT2D eigenvalue weighted by Gasteiger charge is -2.46. The van der Waals surface area contributed by atoms with E-state index in [-0.39, 0.29) is 11.7 Å². The van der Waals surface area contributed by atoms with Gasteiger partial charge in [0, 0.05) is 38.9 Å². The molecule has 0 aliphatic carbocycles. The molecule has 3 fully saturated rings. The maximum Gasteiger partial charge on any atom is 0.227 e. The highest BCUT2D eigenvalue weighted by Crippen LogP contribution is 2.31. The number of β-amino-alcohol motifs (C(OH)–C–C–N with tert-alkyl or cyclic N) is 1. The minimum atomic E-state index is -0.241. The molecule has 4 heterocycles. The van der Waals surface area contributed by atoms with Crippen LogP contribution in [0.25, 0.3) is 0 Å². The number of aliphatic hydroxyl groups excluding tert-OH is 1. The van der Waals surface area contributed by atoms with Crippen LogP contribution in [0, 0.1) is 0 Å². The van der Waals surface area contributed by atoms with Crippen molar-refractivity contribution in [3.63, 3.8) is 0 Å². The number of aliphatic hydroxyl groups is 1. The highest BCUT2D eigenvalue weighted by molar-refractivity contribution is 5.45. The smallest absolute Gasteiger partial charge is 0.227 e. The van der Waals surface area contributed by atoms with Crippen molar-refractivity contribution < 1.29 is 9.84 Å². The van der Waals surface area contributed by atoms with Crippen LogP contribution >= 0.6 is 0 Å². The molecular formula is C17H27N5O2. The summed E-state index contributed by atoms with van der Waals surface area (Å²) in [4.78, 5) is 16.0. The molecule has 7 heteroatoms. The van der Waals surface area contributed by atoms with Crippen molar-refractivity contribution in [2.24, 2.45) is 0 Å². The van der Waals surface area contributed by atoms with E-state index in [2.05, 4.69) is 26.7 Å². The van der Waals surface area contributed by atoms with Crippen LogP contribution < -0.4 is 9.80 Å². The monoisotopic (exact) mass is 333 g/mol. The van der Waals surface area contributed by atoms with Gasteiger partial charge in [0.25, 0.3) is 0 Å². The first kappa shape index (κ1) is 16.1. The maximum atomic E-state index is 9.75. The van der Waals surface area contributed by atoms with Crippen LogP contribution in [0.4, 0.5) is 11.8 Å². The molecule has 1 atom stereocenters. The lowest BCUT2D eigenvalue weighted by molar-refractivity contribution is -0.0886. The van der Waals surface area contributed by atoms with Crippen molar-refractivity contribution in [3.05, 3.63) is 12.3 Å². The van der Waals surface area contributed by atoms with E-state index < -0.39 is 0 Å². The Hall–Kier alpha value is -1.44. The molecule has 1 aromatic rings. The minimum absolute atomic E-state index is 0.0477. The third kappa shape index (κ3) is 3.20. The Bertz CT molecular complexity index is 576. The van der Waals surface area contributed by atoms with E-state index >= 15 is 0 Å². The molecule has 3 saturated heterocycles. The molecule has 3 aliphatic rings. The lowest BCUT2D eigenvalue weighted by atomic mass is 9.89. The molecule has 7 nitrogen and oxygen atoms in total. The zero-order valence-corrected chi connectivity index (χ0v) is 14.4. The fraction of sp³-hybridized carbons (Fsp3) is 0.765. The predicted octanol–water partition coefficient (Wildman–Crippen LogP) is 0.349. The molecule has 0 amide bonds. The second-order valence-electron chi connectivity index (χ2n) is 7.36. The molecule has 132 valence electrons. The fourth-order valence-corrected chi connectivity index (χ4v) is 3.96. The molecule has 1 aromatic heterocycles. The second kappa shape index (κ2) is 6.46. The van der Waals surface area contributed by atoms with Gasteiger partial charge in [-0.15, -0.1) is 0 Å². The number of hydrogen-bond donors (Lipinski definition) is 1. The van der Waals surface area contributed by atoms with Gasteiger partial charge < -0.3 is 24.5 Å². The first-order valence-electron chi connectivity index (χ1n) is 8.97. The summed E-state index contributed by atoms with van der Waals surface area (Å²) in [6.45, 7) is 6.13. The number of likely N-dealkylation sites (tertiary alicyclic amines) is 1. The van der Waals surface area contributed by atoms with E-state index in [0.29, 0.717) is 6.54 Å². The van der Waals surface area contributed by atoms with Crippen LogP contribution in [-0.2, 0) is 4.74 Å². The summed E-state index contributed by atoms with van der Waals surface area (Å²) in [5.41, 5.74) is -0.0477. The number of piperidine rings is 1. The summed E-state index contributed by atoms with van der Waals surface area (Å²) >= 11 is 0. The van der Waals surface area contributed by atoms with Gasteiger partial charge in [0.15, 0.2) is 0 Å². The molecule has 1 N–H and O–H groups in total. The molecule has 24 heavy (non-hydrogen) atoms. The van der Waals surface area contributed by atoms with E-state index in [1.807, 2.05) is 12.3 Å². The Morgan fingerprint density at radius 2 is 2.04 bits per heavy atom. The van der Waals surface area contributed by atoms with E-state index in [1.54, 1.807) is 0 Å². The van der Waals surface area contributed by atoms with Crippen molar-refractivity contribution in [3.8, 4) is 0 Å². The Labute approximate surface area is 143 Å². The fourth-order valence-electron chi connectivity index (χ4n) is 3.96. The van der Waals surface area contributed by atoms with Crippen LogP contribution in [0.3, 0.4) is 0 Å². The summed E-state index contributed by atoms with van der Waals surface area (Å²) in [6.07, 6.45) is 4.54. The molecule has 0 bridgehead atoms. The summed E-state index contributed by atoms with van der Waals surface area (Å²) in [5, 5.41) is 9.75. The summed E-state index contributed by atoms with van der Waals surface area (Å²) in [5.74, 6) is 1.70. The van der Waals surface area contributed by atoms with Crippen molar-refractivity contribution >= 4 is 11.8 Å². The molecule has 0 saturated carbocycles. The molecule has 1 spiro atoms. The number of hydrogen-bond acceptors (Lipinski definition) is 7. The van der Waals surface area contributed by atoms with Crippen LogP contribution in [0.15, 0.2) is 12.3 Å². The second-order valence-corrected chi connectivity index (χ2v) is 7.36. The number of morpholine rings is 1. The Morgan fingerprint density at radius 3 is 2.79 bits per heavy atom. The van der Waals surface area contributed by atoms with Crippen LogP contribution in [0.5, 0.6) is 0 Å². The van der Waals surface area contributed by atoms with Gasteiger partial charge in [0.1, 0.15) is 5.82 Å². The van der Waals surface area contributed by atoms with Crippen molar-refractivity contribution in [2.45, 2.75) is 31.0 Å². The number of anilines is 2. The average Bonchev–Trinajstić information content (AvgIpc) is 3.05. The van der Waals surface area contributed by atoms with Gasteiger partial charge >= 0.3 is 0 Å². The molecular weight excluding hydrogens is 306 g/mol. The zero-order chi connectivity index (χ0) is 16.6. The first-order valence-corrected chi connectivity index (χ1v) is 8.97. The third-order valence-electron chi connectivity index (χ3n) is 5.55. The first-order chi connectivity index (χ1) is 11.6. The lowest BCUT2D eigenvalue weighted by Crippen LogP contribution is -2.56. The quantitative estimate of drug-likeness (QED) is 0.838. The Morgan fingerprint density at radius 1 is 1.21 bits per heavy atom.